The van der Waals surface area contributed by atoms with E-state index in [1.54, 1.807) is 0 Å². The number of rotatable bonds is 15. The second kappa shape index (κ2) is 14.3. The van der Waals surface area contributed by atoms with E-state index >= 15 is 0 Å². The zero-order chi connectivity index (χ0) is 25.0. The number of methoxy groups -OCH3 is 1. The maximum Gasteiger partial charge on any atom is 0.370 e. The van der Waals surface area contributed by atoms with Crippen LogP contribution >= 0.6 is 0 Å². The first-order valence-electron chi connectivity index (χ1n) is 11.0. The standard InChI is InChI=1S/C21H36N4O8/c1-12(26)24-17-13(25-21(22)23)11-15(20(30)31)33-19(17)18(32-2)14(27)9-7-5-3-4-6-8-10-16(28)29/h11,13-14,17-19,27H,3-10H2,1-2H3,(H,24,26)(H,28,29)(H,30,31)(H4,22,23,25)/t13-,14+,17?,18?,19?/m0/s1. The normalized spacial score (nSPS) is 21.8. The minimum absolute atomic E-state index is 0.164. The van der Waals surface area contributed by atoms with E-state index in [4.69, 9.17) is 25.7 Å². The highest BCUT2D eigenvalue weighted by Gasteiger charge is 2.44. The van der Waals surface area contributed by atoms with E-state index in [0.29, 0.717) is 19.3 Å². The Kier molecular flexibility index (Phi) is 12.2. The molecular formula is C21H36N4O8. The van der Waals surface area contributed by atoms with Crippen LogP contribution in [-0.4, -0.2) is 76.6 Å². The summed E-state index contributed by atoms with van der Waals surface area (Å²) in [5, 5.41) is 41.6. The zero-order valence-electron chi connectivity index (χ0n) is 19.1. The molecule has 5 atom stereocenters. The Morgan fingerprint density at radius 3 is 2.27 bits per heavy atom. The van der Waals surface area contributed by atoms with Crippen molar-refractivity contribution in [1.82, 2.24) is 10.6 Å². The third-order valence-corrected chi connectivity index (χ3v) is 5.35. The monoisotopic (exact) mass is 472 g/mol. The molecule has 12 heteroatoms. The molecule has 188 valence electrons. The largest absolute Gasteiger partial charge is 0.481 e. The van der Waals surface area contributed by atoms with E-state index in [0.717, 1.165) is 25.7 Å². The molecule has 0 bridgehead atoms. The molecule has 8 N–H and O–H groups in total. The molecule has 0 aromatic heterocycles. The predicted molar refractivity (Wildman–Crippen MR) is 118 cm³/mol. The van der Waals surface area contributed by atoms with E-state index in [9.17, 15) is 24.6 Å². The van der Waals surface area contributed by atoms with Crippen molar-refractivity contribution in [3.8, 4) is 0 Å². The van der Waals surface area contributed by atoms with Gasteiger partial charge in [0.1, 0.15) is 6.10 Å². The summed E-state index contributed by atoms with van der Waals surface area (Å²) < 4.78 is 11.1. The van der Waals surface area contributed by atoms with Crippen LogP contribution in [0.15, 0.2) is 11.8 Å². The van der Waals surface area contributed by atoms with Gasteiger partial charge in [0, 0.05) is 20.5 Å². The van der Waals surface area contributed by atoms with Gasteiger partial charge in [-0.1, -0.05) is 32.1 Å². The number of amides is 1. The van der Waals surface area contributed by atoms with Crippen molar-refractivity contribution in [1.29, 1.82) is 5.41 Å². The number of carboxylic acids is 2. The topological polar surface area (TPSA) is 204 Å². The van der Waals surface area contributed by atoms with Gasteiger partial charge >= 0.3 is 11.9 Å². The number of carbonyl (C=O) groups excluding carboxylic acids is 1. The SMILES string of the molecule is COC(C1OC(C(=O)O)=C[C@H](NC(=N)N)C1NC(C)=O)[C@H](O)CCCCCCCCC(=O)O. The maximum absolute atomic E-state index is 11.8. The van der Waals surface area contributed by atoms with Gasteiger partial charge in [-0.15, -0.1) is 0 Å². The molecule has 1 aliphatic heterocycles. The quantitative estimate of drug-likeness (QED) is 0.0985. The molecule has 0 aromatic carbocycles. The average molecular weight is 473 g/mol. The number of unbranched alkanes of at least 4 members (excludes halogenated alkanes) is 5. The van der Waals surface area contributed by atoms with Gasteiger partial charge in [0.2, 0.25) is 11.7 Å². The molecule has 1 heterocycles. The molecule has 0 fully saturated rings. The molecule has 12 nitrogen and oxygen atoms in total. The summed E-state index contributed by atoms with van der Waals surface area (Å²) in [5.74, 6) is -3.38. The summed E-state index contributed by atoms with van der Waals surface area (Å²) in [6, 6.07) is -1.73. The van der Waals surface area contributed by atoms with Gasteiger partial charge in [-0.25, -0.2) is 4.79 Å². The number of carboxylic acid groups (broad SMARTS) is 2. The molecule has 0 aliphatic carbocycles. The van der Waals surface area contributed by atoms with Gasteiger partial charge in [-0.3, -0.25) is 15.0 Å². The van der Waals surface area contributed by atoms with Crippen LogP contribution in [0.1, 0.15) is 58.3 Å². The summed E-state index contributed by atoms with van der Waals surface area (Å²) in [5.41, 5.74) is 5.42. The Hall–Kier alpha value is -2.86. The Morgan fingerprint density at radius 1 is 1.15 bits per heavy atom. The van der Waals surface area contributed by atoms with Crippen LogP contribution in [0.25, 0.3) is 0 Å². The minimum Gasteiger partial charge on any atom is -0.481 e. The van der Waals surface area contributed by atoms with Crippen molar-refractivity contribution < 1.29 is 39.2 Å². The number of aliphatic carboxylic acids is 2. The average Bonchev–Trinajstić information content (AvgIpc) is 2.71. The van der Waals surface area contributed by atoms with Gasteiger partial charge in [0.15, 0.2) is 12.1 Å². The summed E-state index contributed by atoms with van der Waals surface area (Å²) in [6.07, 6.45) is 3.49. The van der Waals surface area contributed by atoms with E-state index < -0.39 is 60.0 Å². The Morgan fingerprint density at radius 2 is 1.76 bits per heavy atom. The number of carbonyl (C=O) groups is 3. The lowest BCUT2D eigenvalue weighted by Gasteiger charge is -2.41. The third-order valence-electron chi connectivity index (χ3n) is 5.35. The second-order valence-electron chi connectivity index (χ2n) is 8.05. The van der Waals surface area contributed by atoms with Gasteiger partial charge in [0.05, 0.1) is 18.2 Å². The summed E-state index contributed by atoms with van der Waals surface area (Å²) >= 11 is 0. The highest BCUT2D eigenvalue weighted by Crippen LogP contribution is 2.26. The number of nitrogens with two attached hydrogens (primary N) is 1. The fraction of sp³-hybridized carbons (Fsp3) is 0.714. The van der Waals surface area contributed by atoms with E-state index in [-0.39, 0.29) is 6.42 Å². The molecule has 33 heavy (non-hydrogen) atoms. The molecule has 0 saturated heterocycles. The smallest absolute Gasteiger partial charge is 0.370 e. The van der Waals surface area contributed by atoms with E-state index in [1.165, 1.54) is 20.1 Å². The molecule has 0 aromatic rings. The predicted octanol–water partition coefficient (Wildman–Crippen LogP) is 0.291. The van der Waals surface area contributed by atoms with Crippen LogP contribution in [-0.2, 0) is 23.9 Å². The molecule has 0 radical (unpaired) electrons. The minimum atomic E-state index is -1.34. The molecule has 0 saturated carbocycles. The lowest BCUT2D eigenvalue weighted by molar-refractivity contribution is -0.148. The molecule has 1 aliphatic rings. The first kappa shape index (κ1) is 28.2. The fourth-order valence-corrected chi connectivity index (χ4v) is 3.85. The van der Waals surface area contributed by atoms with Crippen molar-refractivity contribution in [2.24, 2.45) is 5.73 Å². The van der Waals surface area contributed by atoms with Crippen molar-refractivity contribution in [3.63, 3.8) is 0 Å². The number of guanidine groups is 1. The van der Waals surface area contributed by atoms with Crippen LogP contribution in [0.5, 0.6) is 0 Å². The number of ether oxygens (including phenoxy) is 2. The zero-order valence-corrected chi connectivity index (χ0v) is 19.1. The van der Waals surface area contributed by atoms with Crippen LogP contribution in [0, 0.1) is 5.41 Å². The van der Waals surface area contributed by atoms with Gasteiger partial charge < -0.3 is 41.2 Å². The Labute approximate surface area is 193 Å². The molecule has 0 spiro atoms. The number of aliphatic hydroxyl groups excluding tert-OH is 1. The van der Waals surface area contributed by atoms with E-state index in [2.05, 4.69) is 10.6 Å². The highest BCUT2D eigenvalue weighted by molar-refractivity contribution is 5.85. The van der Waals surface area contributed by atoms with Crippen LogP contribution < -0.4 is 16.4 Å². The number of hydrogen-bond acceptors (Lipinski definition) is 7. The van der Waals surface area contributed by atoms with Crippen LogP contribution in [0.3, 0.4) is 0 Å². The van der Waals surface area contributed by atoms with E-state index in [1.807, 2.05) is 0 Å². The first-order valence-corrected chi connectivity index (χ1v) is 11.0. The van der Waals surface area contributed by atoms with Crippen molar-refractivity contribution in [2.45, 2.75) is 88.7 Å². The summed E-state index contributed by atoms with van der Waals surface area (Å²) in [7, 11) is 1.36. The van der Waals surface area contributed by atoms with Gasteiger partial charge in [-0.2, -0.15) is 0 Å². The van der Waals surface area contributed by atoms with Crippen molar-refractivity contribution in [2.75, 3.05) is 7.11 Å². The first-order chi connectivity index (χ1) is 15.6. The van der Waals surface area contributed by atoms with Crippen molar-refractivity contribution in [3.05, 3.63) is 11.8 Å². The number of nitrogens with one attached hydrogen (secondary N) is 3. The maximum atomic E-state index is 11.8. The number of aliphatic hydroxyl groups is 1. The number of hydrogen-bond donors (Lipinski definition) is 7. The lowest BCUT2D eigenvalue weighted by Crippen LogP contribution is -2.64. The van der Waals surface area contributed by atoms with Gasteiger partial charge in [-0.05, 0) is 18.9 Å². The molecule has 3 unspecified atom stereocenters. The fourth-order valence-electron chi connectivity index (χ4n) is 3.85. The summed E-state index contributed by atoms with van der Waals surface area (Å²) in [4.78, 5) is 33.9. The second-order valence-corrected chi connectivity index (χ2v) is 8.05. The third kappa shape index (κ3) is 10.1. The molecular weight excluding hydrogens is 436 g/mol. The highest BCUT2D eigenvalue weighted by atomic mass is 16.6. The summed E-state index contributed by atoms with van der Waals surface area (Å²) in [6.45, 7) is 1.28. The molecule has 1 amide bonds. The Balaban J connectivity index is 2.80. The van der Waals surface area contributed by atoms with Crippen LogP contribution in [0.4, 0.5) is 0 Å². The van der Waals surface area contributed by atoms with Crippen molar-refractivity contribution >= 4 is 23.8 Å². The van der Waals surface area contributed by atoms with Crippen LogP contribution in [0.2, 0.25) is 0 Å². The Bertz CT molecular complexity index is 714. The van der Waals surface area contributed by atoms with Gasteiger partial charge in [0.25, 0.3) is 0 Å². The lowest BCUT2D eigenvalue weighted by atomic mass is 9.90. The molecule has 1 rings (SSSR count).